The van der Waals surface area contributed by atoms with Gasteiger partial charge >= 0.3 is 30.4 Å². The lowest BCUT2D eigenvalue weighted by molar-refractivity contribution is -0.270. The third-order valence-electron chi connectivity index (χ3n) is 10.2. The number of nitrogens with one attached hydrogen (secondary N) is 3. The molecule has 17 nitrogen and oxygen atoms in total. The predicted molar refractivity (Wildman–Crippen MR) is 335 cm³/mol. The average molecular weight is 1350 g/mol. The molecular formula is C61H85F11N6O11S2. The topological polar surface area (TPSA) is 278 Å². The molecule has 0 atom stereocenters. The van der Waals surface area contributed by atoms with E-state index in [1.807, 2.05) is 64.1 Å². The number of thiol groups is 1. The van der Waals surface area contributed by atoms with Gasteiger partial charge in [-0.2, -0.15) is 60.1 Å². The molecule has 0 bridgehead atoms. The summed E-state index contributed by atoms with van der Waals surface area (Å²) in [5.41, 5.74) is 14.2. The third kappa shape index (κ3) is 40.8. The molecule has 0 heterocycles. The Morgan fingerprint density at radius 3 is 1.20 bits per heavy atom. The van der Waals surface area contributed by atoms with Crippen LogP contribution in [0.4, 0.5) is 76.7 Å². The van der Waals surface area contributed by atoms with Crippen LogP contribution in [0.2, 0.25) is 0 Å². The van der Waals surface area contributed by atoms with Crippen LogP contribution in [0.15, 0.2) is 102 Å². The van der Waals surface area contributed by atoms with Crippen LogP contribution >= 0.6 is 24.4 Å². The number of para-hydroxylation sites is 7. The van der Waals surface area contributed by atoms with Crippen LogP contribution in [0, 0.1) is 35.5 Å². The summed E-state index contributed by atoms with van der Waals surface area (Å²) in [6.07, 6.45) is -14.7. The van der Waals surface area contributed by atoms with Gasteiger partial charge < -0.3 is 37.3 Å². The number of hydroxylamine groups is 2. The number of nitrogen functional groups attached to an aromatic ring is 2. The second kappa shape index (κ2) is 44.1. The minimum absolute atomic E-state index is 0.00654. The molecular weight excluding hydrogens is 1270 g/mol. The molecule has 4 aromatic rings. The fraction of sp³-hybridized carbons (Fsp3) is 0.475. The summed E-state index contributed by atoms with van der Waals surface area (Å²) in [5, 5.41) is 26.6. The Hall–Kier alpha value is -7.47. The van der Waals surface area contributed by atoms with Gasteiger partial charge in [0.2, 0.25) is 41.5 Å². The molecule has 91 heavy (non-hydrogen) atoms. The van der Waals surface area contributed by atoms with Gasteiger partial charge in [-0.1, -0.05) is 145 Å². The molecule has 4 amide bonds. The van der Waals surface area contributed by atoms with E-state index in [0.717, 1.165) is 36.2 Å². The quantitative estimate of drug-likeness (QED) is 0.00596. The van der Waals surface area contributed by atoms with Crippen molar-refractivity contribution < 1.29 is 102 Å². The number of rotatable bonds is 16. The molecule has 0 spiro atoms. The lowest BCUT2D eigenvalue weighted by Gasteiger charge is -2.19. The van der Waals surface area contributed by atoms with Crippen molar-refractivity contribution >= 4 is 100 Å². The number of carbonyl (C=O) groups is 8. The van der Waals surface area contributed by atoms with Crippen LogP contribution < -0.4 is 32.2 Å². The van der Waals surface area contributed by atoms with Crippen LogP contribution in [0.5, 0.6) is 11.5 Å². The molecule has 0 fully saturated rings. The van der Waals surface area contributed by atoms with Gasteiger partial charge in [-0.3, -0.25) is 43.6 Å². The molecule has 0 radical (unpaired) electrons. The summed E-state index contributed by atoms with van der Waals surface area (Å²) in [6, 6.07) is 28.2. The Morgan fingerprint density at radius 1 is 0.527 bits per heavy atom. The van der Waals surface area contributed by atoms with E-state index in [1.165, 1.54) is 19.9 Å². The molecule has 0 aliphatic rings. The lowest BCUT2D eigenvalue weighted by atomic mass is 10.0. The molecule has 0 saturated heterocycles. The highest BCUT2D eigenvalue weighted by Gasteiger charge is 2.63. The standard InChI is InChI=1S/C10H14N2O.2C10H13NO2.C10H13NOS.C6H7F5O.C6H9F3OS.C5H7F3O.C4H9NO2/c1-7(2)10(13)12-9-6-4-3-5-8(9)11;1-7(2)10(12)13-9-6-4-3-5-8(9)11;1-7(2)10(13)11-8-5-3-4-6-9(8)12;1-7(2)10(12)11-8-5-3-4-6-9(8)13;1-3(2)4(12)5(7,8)6(9,10)11;1-4(2)11-3-5(10)6(7,8)9;1-3(2)4(9)5(6,7)8;1-4(2)5(7)3-6/h3-7H,11H2,1-2H3,(H,12,13);3-7H,11H2,1-2H3;3-7,12H,1-2H3,(H,11,13);3-7,13H,1-2H3,(H,11,12);3H,1-2H3;4H,3H2,1-2H3;3H,1-2H3;3-4,7H,1-2H3. The van der Waals surface area contributed by atoms with E-state index in [4.69, 9.17) is 21.4 Å². The summed E-state index contributed by atoms with van der Waals surface area (Å²) in [5.74, 6) is -13.5. The fourth-order valence-electron chi connectivity index (χ4n) is 4.68. The van der Waals surface area contributed by atoms with Crippen molar-refractivity contribution in [2.75, 3.05) is 33.2 Å². The number of carbonyl (C=O) groups excluding carboxylic acids is 8. The molecule has 0 aliphatic carbocycles. The number of benzene rings is 4. The number of hydrogen-bond acceptors (Lipinski definition) is 15. The zero-order chi connectivity index (χ0) is 72.1. The molecule has 9 N–H and O–H groups in total. The van der Waals surface area contributed by atoms with Crippen LogP contribution in [0.3, 0.4) is 0 Å². The molecule has 30 heteroatoms. The maximum Gasteiger partial charge on any atom is 0.461 e. The number of thioether (sulfide) groups is 1. The molecule has 4 aromatic carbocycles. The van der Waals surface area contributed by atoms with E-state index in [1.54, 1.807) is 110 Å². The number of alkyl halides is 11. The van der Waals surface area contributed by atoms with Crippen LogP contribution in [-0.4, -0.2) is 104 Å². The number of nitrogens with zero attached hydrogens (tertiary/aromatic N) is 1. The number of Topliss-reactive ketones (excluding diaryl/α,β-unsaturated/α-hetero) is 3. The van der Waals surface area contributed by atoms with E-state index in [2.05, 4.69) is 28.6 Å². The van der Waals surface area contributed by atoms with Crippen molar-refractivity contribution in [2.45, 2.75) is 151 Å². The van der Waals surface area contributed by atoms with Crippen molar-refractivity contribution in [1.82, 2.24) is 5.06 Å². The number of esters is 1. The van der Waals surface area contributed by atoms with Crippen LogP contribution in [-0.2, 0) is 38.4 Å². The molecule has 0 unspecified atom stereocenters. The lowest BCUT2D eigenvalue weighted by Crippen LogP contribution is -2.46. The van der Waals surface area contributed by atoms with Gasteiger partial charge in [-0.05, 0) is 67.6 Å². The maximum absolute atomic E-state index is 12.1. The highest BCUT2D eigenvalue weighted by Crippen LogP contribution is 2.38. The van der Waals surface area contributed by atoms with E-state index in [0.29, 0.717) is 40.0 Å². The summed E-state index contributed by atoms with van der Waals surface area (Å²) in [6.45, 7) is 25.9. The van der Waals surface area contributed by atoms with Crippen molar-refractivity contribution in [3.8, 4) is 11.5 Å². The third-order valence-corrected chi connectivity index (χ3v) is 11.7. The minimum atomic E-state index is -5.78. The monoisotopic (exact) mass is 1350 g/mol. The highest BCUT2D eigenvalue weighted by molar-refractivity contribution is 8.00. The molecule has 514 valence electrons. The number of nitrogens with two attached hydrogens (primary N) is 2. The number of ketones is 3. The maximum atomic E-state index is 12.1. The summed E-state index contributed by atoms with van der Waals surface area (Å²) < 4.78 is 132. The predicted octanol–water partition coefficient (Wildman–Crippen LogP) is 14.9. The van der Waals surface area contributed by atoms with Crippen LogP contribution in [0.1, 0.15) is 111 Å². The van der Waals surface area contributed by atoms with Gasteiger partial charge in [0.15, 0.2) is 5.75 Å². The van der Waals surface area contributed by atoms with Crippen LogP contribution in [0.25, 0.3) is 0 Å². The zero-order valence-corrected chi connectivity index (χ0v) is 55.0. The summed E-state index contributed by atoms with van der Waals surface area (Å²) in [4.78, 5) is 86.1. The van der Waals surface area contributed by atoms with Crippen molar-refractivity contribution in [3.05, 3.63) is 97.1 Å². The first-order chi connectivity index (χ1) is 41.4. The number of phenols is 1. The minimum Gasteiger partial charge on any atom is -0.506 e. The number of phenolic OH excluding ortho intramolecular Hbond substituents is 1. The van der Waals surface area contributed by atoms with E-state index in [-0.39, 0.29) is 64.4 Å². The van der Waals surface area contributed by atoms with Gasteiger partial charge in [-0.15, -0.1) is 12.6 Å². The van der Waals surface area contributed by atoms with Gasteiger partial charge in [0.25, 0.3) is 0 Å². The van der Waals surface area contributed by atoms with Gasteiger partial charge in [-0.25, -0.2) is 5.06 Å². The number of ether oxygens (including phenoxy) is 1. The van der Waals surface area contributed by atoms with Gasteiger partial charge in [0.1, 0.15) is 5.75 Å². The normalized spacial score (nSPS) is 11.0. The number of anilines is 5. The summed E-state index contributed by atoms with van der Waals surface area (Å²) >= 11 is 5.22. The van der Waals surface area contributed by atoms with E-state index >= 15 is 0 Å². The summed E-state index contributed by atoms with van der Waals surface area (Å²) in [7, 11) is 0. The SMILES string of the molecule is CC(C)C(=O)C(F)(F)C(F)(F)F.CC(C)C(=O)C(F)(F)F.CC(C)C(=O)Nc1ccccc1N.CC(C)C(=O)Nc1ccccc1O.CC(C)C(=O)Nc1ccccc1S.CC(C)C(=O)Oc1ccccc1N.CC(C)N(O)C=O.CC(C)SCC(=O)C(F)(F)F. The van der Waals surface area contributed by atoms with Crippen molar-refractivity contribution in [2.24, 2.45) is 35.5 Å². The Balaban J connectivity index is -0.000000478. The first kappa shape index (κ1) is 90.0. The number of amides is 4. The van der Waals surface area contributed by atoms with Gasteiger partial charge in [0, 0.05) is 34.5 Å². The zero-order valence-electron chi connectivity index (χ0n) is 53.3. The number of hydrogen-bond donors (Lipinski definition) is 8. The number of aromatic hydroxyl groups is 1. The number of halogens is 11. The van der Waals surface area contributed by atoms with E-state index < -0.39 is 59.4 Å². The molecule has 0 aliphatic heterocycles. The first-order valence-electron chi connectivity index (χ1n) is 27.5. The second-order valence-electron chi connectivity index (χ2n) is 21.1. The Morgan fingerprint density at radius 2 is 0.901 bits per heavy atom. The fourth-order valence-corrected chi connectivity index (χ4v) is 5.54. The Bertz CT molecular complexity index is 2600. The smallest absolute Gasteiger partial charge is 0.461 e. The molecule has 0 aromatic heterocycles. The second-order valence-corrected chi connectivity index (χ2v) is 23.2. The van der Waals surface area contributed by atoms with E-state index in [9.17, 15) is 91.8 Å². The highest BCUT2D eigenvalue weighted by atomic mass is 32.2. The molecule has 0 saturated carbocycles. The van der Waals surface area contributed by atoms with Gasteiger partial charge in [0.05, 0.1) is 46.1 Å². The van der Waals surface area contributed by atoms with Crippen molar-refractivity contribution in [3.63, 3.8) is 0 Å². The average Bonchev–Trinajstić information content (AvgIpc) is 1.09. The largest absolute Gasteiger partial charge is 0.506 e. The first-order valence-corrected chi connectivity index (χ1v) is 29.0. The molecule has 4 rings (SSSR count). The Kier molecular flexibility index (Phi) is 43.6. The van der Waals surface area contributed by atoms with Crippen molar-refractivity contribution in [1.29, 1.82) is 0 Å². The Labute approximate surface area is 533 Å².